The third kappa shape index (κ3) is 7.21. The van der Waals surface area contributed by atoms with Crippen molar-refractivity contribution in [3.8, 4) is 5.75 Å². The molecule has 0 aliphatic carbocycles. The number of aromatic nitrogens is 1. The Morgan fingerprint density at radius 3 is 2.32 bits per heavy atom. The van der Waals surface area contributed by atoms with Gasteiger partial charge < -0.3 is 19.9 Å². The first-order valence-electron chi connectivity index (χ1n) is 12.6. The lowest BCUT2D eigenvalue weighted by Crippen LogP contribution is -2.50. The second-order valence-electron chi connectivity index (χ2n) is 9.82. The van der Waals surface area contributed by atoms with E-state index in [1.165, 1.54) is 4.90 Å². The lowest BCUT2D eigenvalue weighted by Gasteiger charge is -2.35. The molecule has 2 N–H and O–H groups in total. The van der Waals surface area contributed by atoms with Crippen LogP contribution in [0, 0.1) is 13.8 Å². The Kier molecular flexibility index (Phi) is 9.28. The van der Waals surface area contributed by atoms with Crippen LogP contribution in [-0.4, -0.2) is 35.5 Å². The first-order chi connectivity index (χ1) is 18.0. The molecular formula is C29H36N4O5. The Morgan fingerprint density at radius 2 is 1.74 bits per heavy atom. The van der Waals surface area contributed by atoms with Crippen LogP contribution in [0.5, 0.6) is 5.75 Å². The molecule has 202 valence electrons. The quantitative estimate of drug-likeness (QED) is 0.364. The maximum atomic E-state index is 13.9. The van der Waals surface area contributed by atoms with Crippen molar-refractivity contribution in [2.45, 2.75) is 65.5 Å². The number of ether oxygens (including phenoxy) is 1. The molecule has 0 aliphatic heterocycles. The zero-order valence-electron chi connectivity index (χ0n) is 22.8. The van der Waals surface area contributed by atoms with Crippen LogP contribution in [0.4, 0.5) is 11.5 Å². The van der Waals surface area contributed by atoms with Crippen molar-refractivity contribution < 1.29 is 23.6 Å². The summed E-state index contributed by atoms with van der Waals surface area (Å²) in [6.07, 6.45) is 0.493. The maximum absolute atomic E-state index is 13.9. The molecule has 0 saturated heterocycles. The Labute approximate surface area is 223 Å². The molecule has 38 heavy (non-hydrogen) atoms. The summed E-state index contributed by atoms with van der Waals surface area (Å²) in [6.45, 7) is 9.46. The highest BCUT2D eigenvalue weighted by atomic mass is 16.5. The summed E-state index contributed by atoms with van der Waals surface area (Å²) in [5.41, 5.74) is 1.55. The number of carbonyl (C=O) groups excluding carboxylic acids is 3. The number of nitrogens with one attached hydrogen (secondary N) is 2. The molecule has 1 unspecified atom stereocenters. The van der Waals surface area contributed by atoms with E-state index in [1.807, 2.05) is 45.9 Å². The Balaban J connectivity index is 1.98. The fourth-order valence-electron chi connectivity index (χ4n) is 3.92. The number of methoxy groups -OCH3 is 1. The van der Waals surface area contributed by atoms with E-state index < -0.39 is 11.6 Å². The average Bonchev–Trinajstić information content (AvgIpc) is 3.30. The molecule has 0 bridgehead atoms. The van der Waals surface area contributed by atoms with E-state index in [9.17, 15) is 14.4 Å². The summed E-state index contributed by atoms with van der Waals surface area (Å²) in [5, 5.41) is 9.49. The van der Waals surface area contributed by atoms with Crippen molar-refractivity contribution in [2.24, 2.45) is 0 Å². The van der Waals surface area contributed by atoms with Gasteiger partial charge in [-0.25, -0.2) is 0 Å². The molecule has 3 amide bonds. The van der Waals surface area contributed by atoms with Gasteiger partial charge in [0, 0.05) is 30.1 Å². The monoisotopic (exact) mass is 520 g/mol. The molecule has 2 aromatic carbocycles. The van der Waals surface area contributed by atoms with Crippen molar-refractivity contribution in [1.82, 2.24) is 10.5 Å². The minimum Gasteiger partial charge on any atom is -0.497 e. The maximum Gasteiger partial charge on any atom is 0.248 e. The molecule has 0 radical (unpaired) electrons. The van der Waals surface area contributed by atoms with Gasteiger partial charge in [-0.3, -0.25) is 19.3 Å². The number of nitrogens with zero attached hydrogens (tertiary/aromatic N) is 2. The van der Waals surface area contributed by atoms with Crippen molar-refractivity contribution in [2.75, 3.05) is 17.3 Å². The van der Waals surface area contributed by atoms with E-state index >= 15 is 0 Å². The summed E-state index contributed by atoms with van der Waals surface area (Å²) in [6, 6.07) is 15.1. The van der Waals surface area contributed by atoms with E-state index in [2.05, 4.69) is 15.8 Å². The molecule has 3 aromatic rings. The molecule has 0 fully saturated rings. The largest absolute Gasteiger partial charge is 0.497 e. The number of aryl methyl sites for hydroxylation is 2. The normalized spacial score (nSPS) is 11.9. The zero-order valence-corrected chi connectivity index (χ0v) is 22.8. The molecule has 9 nitrogen and oxygen atoms in total. The number of hydrogen-bond donors (Lipinski definition) is 2. The molecule has 3 rings (SSSR count). The molecule has 1 heterocycles. The van der Waals surface area contributed by atoms with Gasteiger partial charge >= 0.3 is 0 Å². The Morgan fingerprint density at radius 1 is 1.05 bits per heavy atom. The third-order valence-electron chi connectivity index (χ3n) is 6.39. The highest BCUT2D eigenvalue weighted by Gasteiger charge is 2.35. The number of para-hydroxylation sites is 1. The van der Waals surface area contributed by atoms with Gasteiger partial charge in [0.25, 0.3) is 0 Å². The Hall–Kier alpha value is -4.14. The van der Waals surface area contributed by atoms with Crippen molar-refractivity contribution in [1.29, 1.82) is 0 Å². The lowest BCUT2D eigenvalue weighted by molar-refractivity contribution is -0.128. The van der Waals surface area contributed by atoms with Crippen LogP contribution >= 0.6 is 0 Å². The zero-order chi connectivity index (χ0) is 27.9. The summed E-state index contributed by atoms with van der Waals surface area (Å²) in [4.78, 5) is 41.8. The van der Waals surface area contributed by atoms with Gasteiger partial charge in [-0.15, -0.1) is 0 Å². The Bertz CT molecular complexity index is 1270. The van der Waals surface area contributed by atoms with Crippen molar-refractivity contribution >= 4 is 29.2 Å². The SMILES string of the molecule is CCC(C)(C)NC(=O)C(c1ccc(OC)cc1)N(C(=O)CCC(=O)Nc1cc(C)on1)c1ccccc1C. The number of benzene rings is 2. The van der Waals surface area contributed by atoms with E-state index in [0.717, 1.165) is 5.56 Å². The second kappa shape index (κ2) is 12.4. The topological polar surface area (TPSA) is 114 Å². The third-order valence-corrected chi connectivity index (χ3v) is 6.39. The van der Waals surface area contributed by atoms with Gasteiger partial charge in [0.15, 0.2) is 5.82 Å². The molecule has 1 atom stereocenters. The van der Waals surface area contributed by atoms with E-state index in [1.54, 1.807) is 50.4 Å². The smallest absolute Gasteiger partial charge is 0.248 e. The van der Waals surface area contributed by atoms with Gasteiger partial charge in [-0.2, -0.15) is 0 Å². The molecular weight excluding hydrogens is 484 g/mol. The van der Waals surface area contributed by atoms with Crippen LogP contribution in [0.15, 0.2) is 59.1 Å². The fraction of sp³-hybridized carbons (Fsp3) is 0.379. The summed E-state index contributed by atoms with van der Waals surface area (Å²) >= 11 is 0. The minimum absolute atomic E-state index is 0.0927. The van der Waals surface area contributed by atoms with Crippen LogP contribution < -0.4 is 20.3 Å². The minimum atomic E-state index is -0.971. The van der Waals surface area contributed by atoms with Gasteiger partial charge in [-0.1, -0.05) is 42.4 Å². The summed E-state index contributed by atoms with van der Waals surface area (Å²) < 4.78 is 10.3. The van der Waals surface area contributed by atoms with Gasteiger partial charge in [-0.05, 0) is 63.4 Å². The summed E-state index contributed by atoms with van der Waals surface area (Å²) in [5.74, 6) is 0.417. The van der Waals surface area contributed by atoms with Gasteiger partial charge in [0.05, 0.1) is 7.11 Å². The first kappa shape index (κ1) is 28.4. The standard InChI is InChI=1S/C29H36N4O5/c1-7-29(4,5)31-28(36)27(21-12-14-22(37-6)15-13-21)33(23-11-9-8-10-19(23)2)26(35)17-16-25(34)30-24-18-20(3)38-32-24/h8-15,18,27H,7,16-17H2,1-6H3,(H,31,36)(H,30,32,34). The summed E-state index contributed by atoms with van der Waals surface area (Å²) in [7, 11) is 1.57. The van der Waals surface area contributed by atoms with Crippen LogP contribution in [0.3, 0.4) is 0 Å². The second-order valence-corrected chi connectivity index (χ2v) is 9.82. The number of rotatable bonds is 11. The van der Waals surface area contributed by atoms with E-state index in [0.29, 0.717) is 29.2 Å². The number of anilines is 2. The average molecular weight is 521 g/mol. The van der Waals surface area contributed by atoms with Crippen molar-refractivity contribution in [3.05, 3.63) is 71.5 Å². The van der Waals surface area contributed by atoms with Gasteiger partial charge in [0.1, 0.15) is 17.6 Å². The van der Waals surface area contributed by atoms with Crippen LogP contribution in [0.1, 0.15) is 63.0 Å². The molecule has 0 saturated carbocycles. The first-order valence-corrected chi connectivity index (χ1v) is 12.6. The molecule has 0 spiro atoms. The molecule has 0 aliphatic rings. The van der Waals surface area contributed by atoms with Crippen LogP contribution in [-0.2, 0) is 14.4 Å². The van der Waals surface area contributed by atoms with E-state index in [-0.39, 0.29) is 36.4 Å². The lowest BCUT2D eigenvalue weighted by atomic mass is 9.97. The highest BCUT2D eigenvalue weighted by Crippen LogP contribution is 2.32. The predicted octanol–water partition coefficient (Wildman–Crippen LogP) is 5.10. The van der Waals surface area contributed by atoms with Crippen LogP contribution in [0.2, 0.25) is 0 Å². The molecule has 1 aromatic heterocycles. The van der Waals surface area contributed by atoms with E-state index in [4.69, 9.17) is 9.26 Å². The highest BCUT2D eigenvalue weighted by molar-refractivity contribution is 6.03. The van der Waals surface area contributed by atoms with Crippen molar-refractivity contribution in [3.63, 3.8) is 0 Å². The number of carbonyl (C=O) groups is 3. The number of hydrogen-bond acceptors (Lipinski definition) is 6. The fourth-order valence-corrected chi connectivity index (χ4v) is 3.92. The van der Waals surface area contributed by atoms with Crippen LogP contribution in [0.25, 0.3) is 0 Å². The predicted molar refractivity (Wildman–Crippen MR) is 146 cm³/mol. The molecule has 9 heteroatoms. The van der Waals surface area contributed by atoms with Gasteiger partial charge in [0.2, 0.25) is 17.7 Å². The number of amides is 3.